The number of anilines is 2. The molecule has 2 N–H and O–H groups in total. The van der Waals surface area contributed by atoms with E-state index in [1.165, 1.54) is 30.5 Å². The summed E-state index contributed by atoms with van der Waals surface area (Å²) < 4.78 is 6.06. The topological polar surface area (TPSA) is 78.9 Å². The van der Waals surface area contributed by atoms with Gasteiger partial charge in [0, 0.05) is 42.0 Å². The van der Waals surface area contributed by atoms with Gasteiger partial charge in [0.15, 0.2) is 5.78 Å². The summed E-state index contributed by atoms with van der Waals surface area (Å²) in [5.74, 6) is 0.417. The summed E-state index contributed by atoms with van der Waals surface area (Å²) in [5.41, 5.74) is 4.98. The van der Waals surface area contributed by atoms with Crippen LogP contribution in [0.3, 0.4) is 0 Å². The zero-order chi connectivity index (χ0) is 30.0. The molecule has 222 valence electrons. The van der Waals surface area contributed by atoms with E-state index in [-0.39, 0.29) is 12.2 Å². The fourth-order valence-corrected chi connectivity index (χ4v) is 5.56. The number of carbonyl (C=O) groups excluding carboxylic acids is 1. The first-order chi connectivity index (χ1) is 21.0. The Kier molecular flexibility index (Phi) is 10.1. The third kappa shape index (κ3) is 8.04. The highest BCUT2D eigenvalue weighted by Gasteiger charge is 2.23. The van der Waals surface area contributed by atoms with Crippen LogP contribution >= 0.6 is 0 Å². The number of ether oxygens (including phenoxy) is 1. The first-order valence-corrected chi connectivity index (χ1v) is 15.2. The number of nitrogens with zero attached hydrogens (tertiary/aromatic N) is 1. The van der Waals surface area contributed by atoms with Gasteiger partial charge in [0.25, 0.3) is 0 Å². The van der Waals surface area contributed by atoms with Gasteiger partial charge in [0.2, 0.25) is 0 Å². The van der Waals surface area contributed by atoms with Crippen molar-refractivity contribution in [2.24, 2.45) is 5.92 Å². The van der Waals surface area contributed by atoms with Gasteiger partial charge < -0.3 is 20.1 Å². The van der Waals surface area contributed by atoms with Crippen molar-refractivity contribution in [3.63, 3.8) is 0 Å². The molecule has 4 aromatic carbocycles. The molecule has 6 heteroatoms. The van der Waals surface area contributed by atoms with Crippen LogP contribution in [-0.2, 0) is 11.2 Å². The number of benzene rings is 4. The molecule has 0 amide bonds. The van der Waals surface area contributed by atoms with Crippen molar-refractivity contribution >= 4 is 23.1 Å². The van der Waals surface area contributed by atoms with Crippen molar-refractivity contribution < 1.29 is 19.4 Å². The first-order valence-electron chi connectivity index (χ1n) is 15.2. The predicted octanol–water partition coefficient (Wildman–Crippen LogP) is 7.41. The van der Waals surface area contributed by atoms with Crippen LogP contribution in [0.5, 0.6) is 5.75 Å². The largest absolute Gasteiger partial charge is 0.494 e. The summed E-state index contributed by atoms with van der Waals surface area (Å²) in [7, 11) is 0. The highest BCUT2D eigenvalue weighted by Crippen LogP contribution is 2.30. The summed E-state index contributed by atoms with van der Waals surface area (Å²) in [6.45, 7) is 4.83. The number of hydrogen-bond acceptors (Lipinski definition) is 5. The van der Waals surface area contributed by atoms with Gasteiger partial charge in [-0.1, -0.05) is 79.2 Å². The summed E-state index contributed by atoms with van der Waals surface area (Å²) >= 11 is 0. The summed E-state index contributed by atoms with van der Waals surface area (Å²) in [6.07, 6.45) is 5.16. The Balaban J connectivity index is 1.16. The fourth-order valence-electron chi connectivity index (χ4n) is 5.56. The Bertz CT molecular complexity index is 1500. The van der Waals surface area contributed by atoms with Gasteiger partial charge in [0.05, 0.1) is 6.61 Å². The SMILES string of the molecule is Cc1ccccc1N(CCCOc1ccc(CC(Nc2ccccc2C(=O)c2ccccc2)C(=O)O)cc1)CC1CCC1. The first kappa shape index (κ1) is 29.9. The Hall–Kier alpha value is -4.58. The van der Waals surface area contributed by atoms with E-state index >= 15 is 0 Å². The Morgan fingerprint density at radius 3 is 2.30 bits per heavy atom. The molecule has 0 bridgehead atoms. The Morgan fingerprint density at radius 2 is 1.60 bits per heavy atom. The minimum atomic E-state index is -0.984. The maximum absolute atomic E-state index is 13.1. The predicted molar refractivity (Wildman–Crippen MR) is 172 cm³/mol. The molecule has 1 fully saturated rings. The molecule has 0 aliphatic heterocycles. The molecule has 6 nitrogen and oxygen atoms in total. The molecule has 1 aliphatic rings. The number of rotatable bonds is 15. The van der Waals surface area contributed by atoms with Crippen LogP contribution in [0.1, 0.15) is 52.7 Å². The number of hydrogen-bond donors (Lipinski definition) is 2. The van der Waals surface area contributed by atoms with E-state index in [0.717, 1.165) is 36.7 Å². The number of ketones is 1. The minimum absolute atomic E-state index is 0.153. The maximum Gasteiger partial charge on any atom is 0.326 e. The third-order valence-electron chi connectivity index (χ3n) is 8.20. The molecule has 0 radical (unpaired) electrons. The van der Waals surface area contributed by atoms with E-state index in [1.807, 2.05) is 42.5 Å². The molecule has 43 heavy (non-hydrogen) atoms. The van der Waals surface area contributed by atoms with Crippen LogP contribution in [0.25, 0.3) is 0 Å². The number of nitrogens with one attached hydrogen (secondary N) is 1. The van der Waals surface area contributed by atoms with Gasteiger partial charge in [-0.3, -0.25) is 4.79 Å². The van der Waals surface area contributed by atoms with Crippen LogP contribution in [0, 0.1) is 12.8 Å². The second-order valence-electron chi connectivity index (χ2n) is 11.4. The Morgan fingerprint density at radius 1 is 0.907 bits per heavy atom. The van der Waals surface area contributed by atoms with Crippen LogP contribution in [-0.4, -0.2) is 42.6 Å². The number of aliphatic carboxylic acids is 1. The lowest BCUT2D eigenvalue weighted by Crippen LogP contribution is -2.34. The number of para-hydroxylation sites is 2. The second kappa shape index (κ2) is 14.5. The van der Waals surface area contributed by atoms with E-state index in [9.17, 15) is 14.7 Å². The van der Waals surface area contributed by atoms with Gasteiger partial charge in [-0.15, -0.1) is 0 Å². The van der Waals surface area contributed by atoms with E-state index in [0.29, 0.717) is 23.4 Å². The number of aryl methyl sites for hydroxylation is 1. The van der Waals surface area contributed by atoms with Crippen LogP contribution < -0.4 is 15.0 Å². The molecule has 0 saturated heterocycles. The Labute approximate surface area is 254 Å². The van der Waals surface area contributed by atoms with E-state index in [4.69, 9.17) is 4.74 Å². The van der Waals surface area contributed by atoms with Gasteiger partial charge in [-0.05, 0) is 73.6 Å². The lowest BCUT2D eigenvalue weighted by atomic mass is 9.85. The van der Waals surface area contributed by atoms with Gasteiger partial charge in [-0.2, -0.15) is 0 Å². The number of carbonyl (C=O) groups is 2. The highest BCUT2D eigenvalue weighted by molar-refractivity contribution is 6.12. The lowest BCUT2D eigenvalue weighted by molar-refractivity contribution is -0.137. The van der Waals surface area contributed by atoms with Crippen molar-refractivity contribution in [3.05, 3.63) is 125 Å². The average Bonchev–Trinajstić information content (AvgIpc) is 3.01. The van der Waals surface area contributed by atoms with Gasteiger partial charge in [-0.25, -0.2) is 4.79 Å². The fraction of sp³-hybridized carbons (Fsp3) is 0.297. The zero-order valence-electron chi connectivity index (χ0n) is 24.7. The lowest BCUT2D eigenvalue weighted by Gasteiger charge is -2.34. The summed E-state index contributed by atoms with van der Waals surface area (Å²) in [5, 5.41) is 13.1. The number of carboxylic acids is 1. The molecule has 4 aromatic rings. The van der Waals surface area contributed by atoms with E-state index < -0.39 is 12.0 Å². The molecule has 1 aliphatic carbocycles. The summed E-state index contributed by atoms with van der Waals surface area (Å²) in [6, 6.07) is 31.3. The third-order valence-corrected chi connectivity index (χ3v) is 8.20. The smallest absolute Gasteiger partial charge is 0.326 e. The quantitative estimate of drug-likeness (QED) is 0.113. The van der Waals surface area contributed by atoms with Gasteiger partial charge >= 0.3 is 5.97 Å². The zero-order valence-corrected chi connectivity index (χ0v) is 24.7. The van der Waals surface area contributed by atoms with E-state index in [2.05, 4.69) is 41.4 Å². The summed E-state index contributed by atoms with van der Waals surface area (Å²) in [4.78, 5) is 27.8. The molecule has 1 atom stereocenters. The second-order valence-corrected chi connectivity index (χ2v) is 11.4. The molecule has 0 heterocycles. The maximum atomic E-state index is 13.1. The van der Waals surface area contributed by atoms with Crippen molar-refractivity contribution in [1.82, 2.24) is 0 Å². The molecule has 0 aromatic heterocycles. The number of carboxylic acid groups (broad SMARTS) is 1. The molecular weight excluding hydrogens is 536 g/mol. The van der Waals surface area contributed by atoms with E-state index in [1.54, 1.807) is 36.4 Å². The van der Waals surface area contributed by atoms with Crippen molar-refractivity contribution in [3.8, 4) is 5.75 Å². The minimum Gasteiger partial charge on any atom is -0.494 e. The molecule has 1 saturated carbocycles. The van der Waals surface area contributed by atoms with Crippen LogP contribution in [0.4, 0.5) is 11.4 Å². The van der Waals surface area contributed by atoms with Crippen LogP contribution in [0.15, 0.2) is 103 Å². The monoisotopic (exact) mass is 576 g/mol. The standard InChI is InChI=1S/C37H40N2O4/c1-27-11-5-8-18-35(27)39(26-29-12-9-13-29)23-10-24-43-31-21-19-28(20-22-31)25-34(37(41)42)38-33-17-7-6-16-32(33)36(40)30-14-3-2-4-15-30/h2-8,11,14-22,29,34,38H,9-10,12-13,23-26H2,1H3,(H,41,42). The molecule has 0 spiro atoms. The van der Waals surface area contributed by atoms with Crippen LogP contribution in [0.2, 0.25) is 0 Å². The normalized spacial score (nSPS) is 13.5. The van der Waals surface area contributed by atoms with Crippen molar-refractivity contribution in [2.75, 3.05) is 29.9 Å². The molecule has 1 unspecified atom stereocenters. The molecule has 5 rings (SSSR count). The average molecular weight is 577 g/mol. The molecular formula is C37H40N2O4. The van der Waals surface area contributed by atoms with Crippen molar-refractivity contribution in [2.45, 2.75) is 45.1 Å². The van der Waals surface area contributed by atoms with Crippen molar-refractivity contribution in [1.29, 1.82) is 0 Å². The van der Waals surface area contributed by atoms with Gasteiger partial charge in [0.1, 0.15) is 11.8 Å². The highest BCUT2D eigenvalue weighted by atomic mass is 16.5.